The van der Waals surface area contributed by atoms with Crippen molar-refractivity contribution in [2.45, 2.75) is 32.9 Å². The number of H-pyrrole nitrogens is 2. The Kier molecular flexibility index (Phi) is 10.3. The van der Waals surface area contributed by atoms with Gasteiger partial charge in [-0.15, -0.1) is 0 Å². The number of halogens is 5. The first-order valence-electron chi connectivity index (χ1n) is 15.2. The highest BCUT2D eigenvalue weighted by Gasteiger charge is 2.30. The monoisotopic (exact) mass is 660 g/mol. The molecule has 0 saturated carbocycles. The Morgan fingerprint density at radius 3 is 1.56 bits per heavy atom. The van der Waals surface area contributed by atoms with Crippen molar-refractivity contribution in [2.24, 2.45) is 0 Å². The summed E-state index contributed by atoms with van der Waals surface area (Å²) in [7, 11) is 0. The zero-order valence-corrected chi connectivity index (χ0v) is 26.2. The van der Waals surface area contributed by atoms with Crippen LogP contribution < -0.4 is 10.6 Å². The molecular formula is C37H33F5N4O2. The molecule has 0 unspecified atom stereocenters. The summed E-state index contributed by atoms with van der Waals surface area (Å²) in [5.74, 6) is -2.78. The quantitative estimate of drug-likeness (QED) is 0.124. The van der Waals surface area contributed by atoms with Crippen molar-refractivity contribution in [3.63, 3.8) is 0 Å². The highest BCUT2D eigenvalue weighted by atomic mass is 19.4. The van der Waals surface area contributed by atoms with Crippen LogP contribution in [0.1, 0.15) is 48.8 Å². The van der Waals surface area contributed by atoms with Gasteiger partial charge in [0.25, 0.3) is 11.8 Å². The summed E-state index contributed by atoms with van der Waals surface area (Å²) < 4.78 is 63.7. The van der Waals surface area contributed by atoms with Crippen LogP contribution in [0.25, 0.3) is 21.8 Å². The summed E-state index contributed by atoms with van der Waals surface area (Å²) in [5, 5.41) is 7.73. The van der Waals surface area contributed by atoms with Crippen molar-refractivity contribution < 1.29 is 31.5 Å². The number of amides is 2. The van der Waals surface area contributed by atoms with Gasteiger partial charge in [-0.2, -0.15) is 13.2 Å². The largest absolute Gasteiger partial charge is 0.416 e. The molecule has 4 N–H and O–H groups in total. The van der Waals surface area contributed by atoms with Crippen LogP contribution in [0.15, 0.2) is 91.0 Å². The van der Waals surface area contributed by atoms with Gasteiger partial charge in [0.15, 0.2) is 11.6 Å². The SMILES string of the molecule is Cc1[nH]c2ccccc2c1CCNC(=O)c1ccc(C(F)(F)F)cc1.Cc1[nH]c2ccccc2c1CCNC(=O)c1ccc(F)c(F)c1. The highest BCUT2D eigenvalue weighted by Crippen LogP contribution is 2.29. The third-order valence-corrected chi connectivity index (χ3v) is 8.03. The summed E-state index contributed by atoms with van der Waals surface area (Å²) in [6, 6.07) is 23.2. The molecule has 0 aliphatic carbocycles. The molecule has 0 bridgehead atoms. The Hall–Kier alpha value is -5.45. The lowest BCUT2D eigenvalue weighted by atomic mass is 10.1. The van der Waals surface area contributed by atoms with Crippen molar-refractivity contribution in [1.29, 1.82) is 0 Å². The van der Waals surface area contributed by atoms with E-state index in [1.54, 1.807) is 0 Å². The molecule has 0 saturated heterocycles. The van der Waals surface area contributed by atoms with Crippen molar-refractivity contribution in [1.82, 2.24) is 20.6 Å². The molecule has 11 heteroatoms. The smallest absolute Gasteiger partial charge is 0.358 e. The number of hydrogen-bond donors (Lipinski definition) is 4. The van der Waals surface area contributed by atoms with Gasteiger partial charge >= 0.3 is 6.18 Å². The second-order valence-electron chi connectivity index (χ2n) is 11.3. The number of benzene rings is 4. The number of nitrogens with one attached hydrogen (secondary N) is 4. The van der Waals surface area contributed by atoms with Gasteiger partial charge in [-0.25, -0.2) is 8.78 Å². The van der Waals surface area contributed by atoms with Gasteiger partial charge in [-0.05, 0) is 92.4 Å². The van der Waals surface area contributed by atoms with E-state index in [2.05, 4.69) is 20.6 Å². The van der Waals surface area contributed by atoms with Crippen LogP contribution >= 0.6 is 0 Å². The molecule has 0 aliphatic rings. The van der Waals surface area contributed by atoms with Crippen LogP contribution in [0.3, 0.4) is 0 Å². The first-order chi connectivity index (χ1) is 22.9. The fourth-order valence-corrected chi connectivity index (χ4v) is 5.57. The Bertz CT molecular complexity index is 2060. The average molecular weight is 661 g/mol. The van der Waals surface area contributed by atoms with E-state index in [9.17, 15) is 31.5 Å². The second-order valence-corrected chi connectivity index (χ2v) is 11.3. The maximum Gasteiger partial charge on any atom is 0.416 e. The van der Waals surface area contributed by atoms with E-state index < -0.39 is 29.3 Å². The lowest BCUT2D eigenvalue weighted by molar-refractivity contribution is -0.137. The number of aryl methyl sites for hydroxylation is 2. The molecule has 6 rings (SSSR count). The number of carbonyl (C=O) groups excluding carboxylic acids is 2. The summed E-state index contributed by atoms with van der Waals surface area (Å²) in [5.41, 5.74) is 6.05. The summed E-state index contributed by atoms with van der Waals surface area (Å²) in [6.07, 6.45) is -3.10. The second kappa shape index (κ2) is 14.5. The molecule has 0 spiro atoms. The topological polar surface area (TPSA) is 89.8 Å². The van der Waals surface area contributed by atoms with Crippen molar-refractivity contribution in [2.75, 3.05) is 13.1 Å². The molecule has 0 atom stereocenters. The predicted molar refractivity (Wildman–Crippen MR) is 176 cm³/mol. The van der Waals surface area contributed by atoms with Crippen LogP contribution in [0, 0.1) is 25.5 Å². The van der Waals surface area contributed by atoms with Crippen molar-refractivity contribution in [3.8, 4) is 0 Å². The van der Waals surface area contributed by atoms with E-state index in [-0.39, 0.29) is 17.0 Å². The van der Waals surface area contributed by atoms with Crippen LogP contribution in [0.2, 0.25) is 0 Å². The lowest BCUT2D eigenvalue weighted by Gasteiger charge is -2.08. The highest BCUT2D eigenvalue weighted by molar-refractivity contribution is 5.95. The summed E-state index contributed by atoms with van der Waals surface area (Å²) in [4.78, 5) is 30.7. The first kappa shape index (κ1) is 33.9. The van der Waals surface area contributed by atoms with E-state index >= 15 is 0 Å². The molecule has 0 fully saturated rings. The fourth-order valence-electron chi connectivity index (χ4n) is 5.57. The number of para-hydroxylation sites is 2. The maximum atomic E-state index is 13.2. The summed E-state index contributed by atoms with van der Waals surface area (Å²) in [6.45, 7) is 4.79. The van der Waals surface area contributed by atoms with E-state index in [0.717, 1.165) is 68.6 Å². The standard InChI is InChI=1S/C19H17F3N2O.C18H16F2N2O/c1-12-15(16-4-2-3-5-17(16)24-12)10-11-23-18(25)13-6-8-14(9-7-13)19(20,21)22;1-11-13(14-4-2-3-5-17(14)22-11)8-9-21-18(23)12-6-7-15(19)16(20)10-12/h2-9,24H,10-11H2,1H3,(H,23,25);2-7,10,22H,8-9H2,1H3,(H,21,23). The molecule has 48 heavy (non-hydrogen) atoms. The minimum atomic E-state index is -4.40. The maximum absolute atomic E-state index is 13.2. The van der Waals surface area contributed by atoms with Crippen molar-refractivity contribution in [3.05, 3.63) is 142 Å². The normalized spacial score (nSPS) is 11.3. The van der Waals surface area contributed by atoms with Crippen LogP contribution in [-0.2, 0) is 19.0 Å². The van der Waals surface area contributed by atoms with Gasteiger partial charge in [-0.3, -0.25) is 9.59 Å². The predicted octanol–water partition coefficient (Wildman–Crippen LogP) is 8.19. The van der Waals surface area contributed by atoms with Gasteiger partial charge in [-0.1, -0.05) is 36.4 Å². The Labute approximate surface area is 273 Å². The zero-order valence-electron chi connectivity index (χ0n) is 26.2. The first-order valence-corrected chi connectivity index (χ1v) is 15.2. The van der Waals surface area contributed by atoms with Gasteiger partial charge in [0, 0.05) is 57.4 Å². The van der Waals surface area contributed by atoms with Gasteiger partial charge < -0.3 is 20.6 Å². The number of hydrogen-bond acceptors (Lipinski definition) is 2. The van der Waals surface area contributed by atoms with Gasteiger partial charge in [0.2, 0.25) is 0 Å². The fraction of sp³-hybridized carbons (Fsp3) is 0.189. The van der Waals surface area contributed by atoms with E-state index in [0.29, 0.717) is 25.9 Å². The molecule has 0 radical (unpaired) electrons. The number of aromatic amines is 2. The molecule has 6 nitrogen and oxygen atoms in total. The number of carbonyl (C=O) groups is 2. The van der Waals surface area contributed by atoms with Gasteiger partial charge in [0.1, 0.15) is 0 Å². The molecule has 2 amide bonds. The number of alkyl halides is 3. The lowest BCUT2D eigenvalue weighted by Crippen LogP contribution is -2.26. The number of fused-ring (bicyclic) bond motifs is 2. The van der Waals surface area contributed by atoms with E-state index in [1.165, 1.54) is 18.2 Å². The molecule has 248 valence electrons. The third-order valence-electron chi connectivity index (χ3n) is 8.03. The van der Waals surface area contributed by atoms with Crippen LogP contribution in [0.5, 0.6) is 0 Å². The third kappa shape index (κ3) is 7.91. The molecule has 0 aliphatic heterocycles. The molecule has 4 aromatic carbocycles. The number of rotatable bonds is 8. The van der Waals surface area contributed by atoms with Crippen molar-refractivity contribution >= 4 is 33.6 Å². The number of aromatic nitrogens is 2. The molecule has 6 aromatic rings. The zero-order chi connectivity index (χ0) is 34.4. The Balaban J connectivity index is 0.000000188. The minimum absolute atomic E-state index is 0.111. The van der Waals surface area contributed by atoms with E-state index in [1.807, 2.05) is 62.4 Å². The molecule has 2 aromatic heterocycles. The van der Waals surface area contributed by atoms with Crippen LogP contribution in [0.4, 0.5) is 22.0 Å². The van der Waals surface area contributed by atoms with E-state index in [4.69, 9.17) is 0 Å². The Morgan fingerprint density at radius 2 is 1.08 bits per heavy atom. The average Bonchev–Trinajstić information content (AvgIpc) is 3.56. The van der Waals surface area contributed by atoms with Gasteiger partial charge in [0.05, 0.1) is 5.56 Å². The Morgan fingerprint density at radius 1 is 0.625 bits per heavy atom. The summed E-state index contributed by atoms with van der Waals surface area (Å²) >= 11 is 0. The minimum Gasteiger partial charge on any atom is -0.358 e. The molecule has 2 heterocycles. The molecular weight excluding hydrogens is 627 g/mol. The van der Waals surface area contributed by atoms with Crippen LogP contribution in [-0.4, -0.2) is 34.9 Å².